The normalized spacial score (nSPS) is 17.4. The average molecular weight is 403 g/mol. The van der Waals surface area contributed by atoms with Crippen molar-refractivity contribution in [1.82, 2.24) is 14.6 Å². The molecule has 0 atom stereocenters. The molecule has 0 bridgehead atoms. The molecule has 1 fully saturated rings. The number of amides is 1. The molecular weight excluding hydrogens is 382 g/mol. The molecule has 3 heterocycles. The van der Waals surface area contributed by atoms with E-state index in [2.05, 4.69) is 10.3 Å². The first-order valence-electron chi connectivity index (χ1n) is 9.12. The number of sulfonamides is 1. The van der Waals surface area contributed by atoms with Crippen LogP contribution in [0.2, 0.25) is 0 Å². The zero-order chi connectivity index (χ0) is 19.6. The highest BCUT2D eigenvalue weighted by Gasteiger charge is 2.29. The standard InChI is InChI=1S/C19H21N3O5S/c23-19(15-3-4-17-18(10-15)27-13-26-17)21-11-14-5-8-22(9-6-14)28(24,25)16-2-1-7-20-12-16/h1-4,7,10,12,14H,5-6,8-9,11,13H2,(H,21,23). The Morgan fingerprint density at radius 1 is 1.18 bits per heavy atom. The first-order valence-corrected chi connectivity index (χ1v) is 10.6. The quantitative estimate of drug-likeness (QED) is 0.815. The molecule has 1 N–H and O–H groups in total. The second kappa shape index (κ2) is 7.76. The molecule has 0 aliphatic carbocycles. The van der Waals surface area contributed by atoms with Crippen molar-refractivity contribution >= 4 is 15.9 Å². The van der Waals surface area contributed by atoms with Crippen molar-refractivity contribution in [3.63, 3.8) is 0 Å². The zero-order valence-corrected chi connectivity index (χ0v) is 16.0. The van der Waals surface area contributed by atoms with Crippen LogP contribution in [0.5, 0.6) is 11.5 Å². The van der Waals surface area contributed by atoms with Gasteiger partial charge in [0.25, 0.3) is 5.91 Å². The van der Waals surface area contributed by atoms with Crippen LogP contribution in [-0.2, 0) is 10.0 Å². The van der Waals surface area contributed by atoms with E-state index in [0.717, 1.165) is 0 Å². The lowest BCUT2D eigenvalue weighted by molar-refractivity contribution is 0.0941. The van der Waals surface area contributed by atoms with Gasteiger partial charge in [-0.25, -0.2) is 8.42 Å². The van der Waals surface area contributed by atoms with Crippen LogP contribution in [0, 0.1) is 5.92 Å². The van der Waals surface area contributed by atoms with Crippen LogP contribution in [-0.4, -0.2) is 50.0 Å². The van der Waals surface area contributed by atoms with Gasteiger partial charge >= 0.3 is 0 Å². The summed E-state index contributed by atoms with van der Waals surface area (Å²) in [5.41, 5.74) is 0.515. The molecule has 148 valence electrons. The largest absolute Gasteiger partial charge is 0.454 e. The van der Waals surface area contributed by atoms with Crippen molar-refractivity contribution in [3.8, 4) is 11.5 Å². The van der Waals surface area contributed by atoms with E-state index in [1.165, 1.54) is 10.5 Å². The molecule has 9 heteroatoms. The van der Waals surface area contributed by atoms with Crippen molar-refractivity contribution in [3.05, 3.63) is 48.3 Å². The Balaban J connectivity index is 1.29. The SMILES string of the molecule is O=C(NCC1CCN(S(=O)(=O)c2cccnc2)CC1)c1ccc2c(c1)OCO2. The van der Waals surface area contributed by atoms with Crippen molar-refractivity contribution in [1.29, 1.82) is 0 Å². The fourth-order valence-corrected chi connectivity index (χ4v) is 4.81. The minimum atomic E-state index is -3.51. The van der Waals surface area contributed by atoms with E-state index >= 15 is 0 Å². The summed E-state index contributed by atoms with van der Waals surface area (Å²) >= 11 is 0. The van der Waals surface area contributed by atoms with Crippen molar-refractivity contribution in [2.24, 2.45) is 5.92 Å². The highest BCUT2D eigenvalue weighted by atomic mass is 32.2. The number of hydrogen-bond donors (Lipinski definition) is 1. The maximum atomic E-state index is 12.6. The van der Waals surface area contributed by atoms with Gasteiger partial charge in [0.2, 0.25) is 16.8 Å². The molecule has 0 radical (unpaired) electrons. The van der Waals surface area contributed by atoms with Crippen molar-refractivity contribution in [2.45, 2.75) is 17.7 Å². The van der Waals surface area contributed by atoms with E-state index in [9.17, 15) is 13.2 Å². The van der Waals surface area contributed by atoms with Crippen molar-refractivity contribution < 1.29 is 22.7 Å². The van der Waals surface area contributed by atoms with Gasteiger partial charge in [0.1, 0.15) is 4.90 Å². The second-order valence-electron chi connectivity index (χ2n) is 6.81. The van der Waals surface area contributed by atoms with E-state index in [4.69, 9.17) is 9.47 Å². The predicted octanol–water partition coefficient (Wildman–Crippen LogP) is 1.64. The van der Waals surface area contributed by atoms with Gasteiger partial charge < -0.3 is 14.8 Å². The van der Waals surface area contributed by atoms with E-state index in [1.54, 1.807) is 36.5 Å². The van der Waals surface area contributed by atoms with Crippen LogP contribution in [0.4, 0.5) is 0 Å². The maximum Gasteiger partial charge on any atom is 0.251 e. The van der Waals surface area contributed by atoms with Gasteiger partial charge in [0, 0.05) is 37.6 Å². The molecule has 0 saturated carbocycles. The lowest BCUT2D eigenvalue weighted by Crippen LogP contribution is -2.41. The zero-order valence-electron chi connectivity index (χ0n) is 15.2. The molecular formula is C19H21N3O5S. The van der Waals surface area contributed by atoms with Gasteiger partial charge in [-0.1, -0.05) is 0 Å². The molecule has 2 aliphatic heterocycles. The number of nitrogens with zero attached hydrogens (tertiary/aromatic N) is 2. The van der Waals surface area contributed by atoms with Gasteiger partial charge in [-0.3, -0.25) is 9.78 Å². The molecule has 28 heavy (non-hydrogen) atoms. The molecule has 0 spiro atoms. The monoisotopic (exact) mass is 403 g/mol. The summed E-state index contributed by atoms with van der Waals surface area (Å²) in [6, 6.07) is 8.26. The number of benzene rings is 1. The number of ether oxygens (including phenoxy) is 2. The van der Waals surface area contributed by atoms with Gasteiger partial charge in [0.15, 0.2) is 11.5 Å². The minimum absolute atomic E-state index is 0.168. The van der Waals surface area contributed by atoms with E-state index in [0.29, 0.717) is 49.5 Å². The molecule has 1 aromatic heterocycles. The fourth-order valence-electron chi connectivity index (χ4n) is 3.38. The average Bonchev–Trinajstić information content (AvgIpc) is 3.21. The third-order valence-corrected chi connectivity index (χ3v) is 6.91. The summed E-state index contributed by atoms with van der Waals surface area (Å²) in [6.07, 6.45) is 4.31. The molecule has 2 aliphatic rings. The van der Waals surface area contributed by atoms with Crippen LogP contribution >= 0.6 is 0 Å². The molecule has 1 aromatic carbocycles. The third kappa shape index (κ3) is 3.81. The number of pyridine rings is 1. The molecule has 2 aromatic rings. The fraction of sp³-hybridized carbons (Fsp3) is 0.368. The predicted molar refractivity (Wildman–Crippen MR) is 101 cm³/mol. The molecule has 1 saturated heterocycles. The summed E-state index contributed by atoms with van der Waals surface area (Å²) in [7, 11) is -3.51. The second-order valence-corrected chi connectivity index (χ2v) is 8.75. The maximum absolute atomic E-state index is 12.6. The highest BCUT2D eigenvalue weighted by molar-refractivity contribution is 7.89. The number of hydrogen-bond acceptors (Lipinski definition) is 6. The summed E-state index contributed by atoms with van der Waals surface area (Å²) in [5, 5.41) is 2.93. The smallest absolute Gasteiger partial charge is 0.251 e. The number of rotatable bonds is 5. The van der Waals surface area contributed by atoms with E-state index in [-0.39, 0.29) is 23.5 Å². The van der Waals surface area contributed by atoms with Crippen LogP contribution in [0.15, 0.2) is 47.6 Å². The third-order valence-electron chi connectivity index (χ3n) is 5.03. The number of fused-ring (bicyclic) bond motifs is 1. The number of carbonyl (C=O) groups excluding carboxylic acids is 1. The topological polar surface area (TPSA) is 97.8 Å². The summed E-state index contributed by atoms with van der Waals surface area (Å²) in [6.45, 7) is 1.54. The highest BCUT2D eigenvalue weighted by Crippen LogP contribution is 2.32. The number of nitrogens with one attached hydrogen (secondary N) is 1. The van der Waals surface area contributed by atoms with Gasteiger partial charge in [0.05, 0.1) is 0 Å². The van der Waals surface area contributed by atoms with Crippen LogP contribution in [0.25, 0.3) is 0 Å². The lowest BCUT2D eigenvalue weighted by Gasteiger charge is -2.31. The van der Waals surface area contributed by atoms with Crippen LogP contribution in [0.1, 0.15) is 23.2 Å². The Bertz CT molecular complexity index is 957. The molecule has 8 nitrogen and oxygen atoms in total. The Hall–Kier alpha value is -2.65. The van der Waals surface area contributed by atoms with Crippen molar-refractivity contribution in [2.75, 3.05) is 26.4 Å². The Labute approximate surface area is 163 Å². The Morgan fingerprint density at radius 2 is 1.96 bits per heavy atom. The summed E-state index contributed by atoms with van der Waals surface area (Å²) < 4.78 is 37.3. The molecule has 1 amide bonds. The molecule has 0 unspecified atom stereocenters. The first-order chi connectivity index (χ1) is 13.5. The minimum Gasteiger partial charge on any atom is -0.454 e. The lowest BCUT2D eigenvalue weighted by atomic mass is 9.98. The van der Waals surface area contributed by atoms with Gasteiger partial charge in [-0.15, -0.1) is 0 Å². The Morgan fingerprint density at radius 3 is 2.71 bits per heavy atom. The van der Waals surface area contributed by atoms with Gasteiger partial charge in [-0.2, -0.15) is 4.31 Å². The molecule has 4 rings (SSSR count). The van der Waals surface area contributed by atoms with E-state index in [1.807, 2.05) is 0 Å². The number of aromatic nitrogens is 1. The van der Waals surface area contributed by atoms with Gasteiger partial charge in [-0.05, 0) is 49.1 Å². The number of carbonyl (C=O) groups is 1. The van der Waals surface area contributed by atoms with Crippen LogP contribution in [0.3, 0.4) is 0 Å². The summed E-state index contributed by atoms with van der Waals surface area (Å²) in [4.78, 5) is 16.5. The first kappa shape index (κ1) is 18.7. The number of piperidine rings is 1. The summed E-state index contributed by atoms with van der Waals surface area (Å²) in [5.74, 6) is 1.27. The Kier molecular flexibility index (Phi) is 5.19. The van der Waals surface area contributed by atoms with E-state index < -0.39 is 10.0 Å². The van der Waals surface area contributed by atoms with Crippen LogP contribution < -0.4 is 14.8 Å².